The Morgan fingerprint density at radius 3 is 1.39 bits per heavy atom. The molecule has 0 saturated heterocycles. The van der Waals surface area contributed by atoms with Gasteiger partial charge in [0.15, 0.2) is 5.78 Å². The molecule has 2 N–H and O–H groups in total. The van der Waals surface area contributed by atoms with Gasteiger partial charge in [0.1, 0.15) is 24.7 Å². The van der Waals surface area contributed by atoms with E-state index in [1.807, 2.05) is 36.4 Å². The predicted octanol–water partition coefficient (Wildman–Crippen LogP) is 3.51. The molecule has 0 fully saturated rings. The number of ether oxygens (including phenoxy) is 2. The van der Waals surface area contributed by atoms with Crippen molar-refractivity contribution in [2.45, 2.75) is 27.7 Å². The quantitative estimate of drug-likeness (QED) is 0.441. The maximum Gasteiger partial charge on any atom is 0.194 e. The average molecular weight is 429 g/mol. The molecule has 170 valence electrons. The van der Waals surface area contributed by atoms with Crippen molar-refractivity contribution in [1.29, 1.82) is 0 Å². The Morgan fingerprint density at radius 1 is 0.645 bits per heavy atom. The Balaban J connectivity index is 0.00000341. The van der Waals surface area contributed by atoms with Crippen LogP contribution in [-0.4, -0.2) is 73.5 Å². The Labute approximate surface area is 186 Å². The van der Waals surface area contributed by atoms with E-state index >= 15 is 0 Å². The zero-order chi connectivity index (χ0) is 21.5. The van der Waals surface area contributed by atoms with Crippen LogP contribution in [0, 0.1) is 0 Å². The van der Waals surface area contributed by atoms with Crippen LogP contribution in [0.15, 0.2) is 36.4 Å². The number of fused-ring (bicyclic) bond motifs is 3. The lowest BCUT2D eigenvalue weighted by Gasteiger charge is -2.18. The fourth-order valence-corrected chi connectivity index (χ4v) is 3.88. The van der Waals surface area contributed by atoms with Gasteiger partial charge in [0, 0.05) is 24.2 Å². The minimum Gasteiger partial charge on any atom is -0.492 e. The first kappa shape index (κ1) is 24.9. The summed E-state index contributed by atoms with van der Waals surface area (Å²) in [5.74, 6) is 1.54. The number of nitrogens with zero attached hydrogens (tertiary/aromatic N) is 2. The van der Waals surface area contributed by atoms with E-state index < -0.39 is 0 Å². The van der Waals surface area contributed by atoms with E-state index in [4.69, 9.17) is 9.47 Å². The summed E-state index contributed by atoms with van der Waals surface area (Å²) < 4.78 is 11.8. The van der Waals surface area contributed by atoms with Crippen LogP contribution in [0.3, 0.4) is 0 Å². The minimum absolute atomic E-state index is 0. The molecule has 0 saturated carbocycles. The second-order valence-electron chi connectivity index (χ2n) is 7.49. The second-order valence-corrected chi connectivity index (χ2v) is 7.49. The van der Waals surface area contributed by atoms with Gasteiger partial charge in [-0.3, -0.25) is 4.79 Å². The molecular formula is C25H36N2O4. The SMILES string of the molecule is CCN(CC)CCOc1ccc2c(c1)C(=O)c1cc(OCCN(CC)CC)ccc1-2.O. The van der Waals surface area contributed by atoms with Gasteiger partial charge in [0.05, 0.1) is 0 Å². The van der Waals surface area contributed by atoms with E-state index in [0.717, 1.165) is 61.9 Å². The molecule has 0 radical (unpaired) electrons. The van der Waals surface area contributed by atoms with Crippen LogP contribution >= 0.6 is 0 Å². The van der Waals surface area contributed by atoms with Gasteiger partial charge in [0.2, 0.25) is 0 Å². The highest BCUT2D eigenvalue weighted by Crippen LogP contribution is 2.39. The van der Waals surface area contributed by atoms with Crippen molar-refractivity contribution >= 4 is 5.78 Å². The molecule has 0 amide bonds. The van der Waals surface area contributed by atoms with E-state index in [2.05, 4.69) is 37.5 Å². The molecule has 0 bridgehead atoms. The lowest BCUT2D eigenvalue weighted by Crippen LogP contribution is -2.27. The van der Waals surface area contributed by atoms with Crippen molar-refractivity contribution in [3.63, 3.8) is 0 Å². The lowest BCUT2D eigenvalue weighted by molar-refractivity contribution is 0.104. The first-order valence-corrected chi connectivity index (χ1v) is 11.1. The maximum atomic E-state index is 13.0. The van der Waals surface area contributed by atoms with Gasteiger partial charge >= 0.3 is 0 Å². The standard InChI is InChI=1S/C25H34N2O3.H2O/c1-5-26(6-2)13-15-29-19-9-11-21-22-12-10-20(30-16-14-27(7-3)8-4)18-24(22)25(28)23(21)17-19;/h9-12,17-18H,5-8,13-16H2,1-4H3;1H2. The number of benzene rings is 2. The maximum absolute atomic E-state index is 13.0. The van der Waals surface area contributed by atoms with Crippen molar-refractivity contribution in [2.24, 2.45) is 0 Å². The minimum atomic E-state index is 0. The summed E-state index contributed by atoms with van der Waals surface area (Å²) in [6.07, 6.45) is 0. The van der Waals surface area contributed by atoms with Crippen molar-refractivity contribution in [3.8, 4) is 22.6 Å². The van der Waals surface area contributed by atoms with E-state index in [1.165, 1.54) is 0 Å². The van der Waals surface area contributed by atoms with Crippen LogP contribution in [0.2, 0.25) is 0 Å². The smallest absolute Gasteiger partial charge is 0.194 e. The number of hydrogen-bond acceptors (Lipinski definition) is 5. The van der Waals surface area contributed by atoms with Crippen LogP contribution in [0.5, 0.6) is 11.5 Å². The monoisotopic (exact) mass is 428 g/mol. The Morgan fingerprint density at radius 2 is 1.03 bits per heavy atom. The molecule has 1 aliphatic carbocycles. The number of rotatable bonds is 12. The molecule has 0 spiro atoms. The molecule has 2 aromatic carbocycles. The molecule has 0 atom stereocenters. The van der Waals surface area contributed by atoms with Crippen molar-refractivity contribution in [2.75, 3.05) is 52.5 Å². The van der Waals surface area contributed by atoms with Gasteiger partial charge in [-0.05, 0) is 73.7 Å². The molecule has 0 aromatic heterocycles. The van der Waals surface area contributed by atoms with Gasteiger partial charge in [0.25, 0.3) is 0 Å². The zero-order valence-electron chi connectivity index (χ0n) is 19.2. The largest absolute Gasteiger partial charge is 0.492 e. The fraction of sp³-hybridized carbons (Fsp3) is 0.480. The molecule has 0 heterocycles. The Kier molecular flexibility index (Phi) is 9.49. The van der Waals surface area contributed by atoms with E-state index in [0.29, 0.717) is 24.3 Å². The van der Waals surface area contributed by atoms with Crippen LogP contribution in [0.1, 0.15) is 43.6 Å². The molecule has 0 unspecified atom stereocenters. The highest BCUT2D eigenvalue weighted by atomic mass is 16.5. The van der Waals surface area contributed by atoms with Crippen LogP contribution < -0.4 is 9.47 Å². The Hall–Kier alpha value is -2.41. The van der Waals surface area contributed by atoms with Gasteiger partial charge < -0.3 is 24.7 Å². The topological polar surface area (TPSA) is 73.5 Å². The van der Waals surface area contributed by atoms with Crippen molar-refractivity contribution in [3.05, 3.63) is 47.5 Å². The fourth-order valence-electron chi connectivity index (χ4n) is 3.88. The lowest BCUT2D eigenvalue weighted by atomic mass is 10.1. The number of ketones is 1. The summed E-state index contributed by atoms with van der Waals surface area (Å²) >= 11 is 0. The summed E-state index contributed by atoms with van der Waals surface area (Å²) in [7, 11) is 0. The molecule has 2 aromatic rings. The summed E-state index contributed by atoms with van der Waals surface area (Å²) in [6.45, 7) is 15.6. The first-order valence-electron chi connectivity index (χ1n) is 11.1. The van der Waals surface area contributed by atoms with Crippen LogP contribution in [0.25, 0.3) is 11.1 Å². The molecule has 3 rings (SSSR count). The second kappa shape index (κ2) is 11.8. The summed E-state index contributed by atoms with van der Waals surface area (Å²) in [5.41, 5.74) is 3.37. The van der Waals surface area contributed by atoms with Crippen molar-refractivity contribution in [1.82, 2.24) is 9.80 Å². The van der Waals surface area contributed by atoms with E-state index in [1.54, 1.807) is 0 Å². The van der Waals surface area contributed by atoms with Gasteiger partial charge in [-0.25, -0.2) is 0 Å². The highest BCUT2D eigenvalue weighted by molar-refractivity contribution is 6.22. The number of likely N-dealkylation sites (N-methyl/N-ethyl adjacent to an activating group) is 2. The van der Waals surface area contributed by atoms with Crippen LogP contribution in [0.4, 0.5) is 0 Å². The predicted molar refractivity (Wildman–Crippen MR) is 125 cm³/mol. The average Bonchev–Trinajstić information content (AvgIpc) is 3.05. The third-order valence-corrected chi connectivity index (χ3v) is 5.90. The molecular weight excluding hydrogens is 392 g/mol. The molecule has 31 heavy (non-hydrogen) atoms. The summed E-state index contributed by atoms with van der Waals surface area (Å²) in [6, 6.07) is 11.6. The number of carbonyl (C=O) groups excluding carboxylic acids is 1. The molecule has 1 aliphatic rings. The summed E-state index contributed by atoms with van der Waals surface area (Å²) in [5, 5.41) is 0. The van der Waals surface area contributed by atoms with Gasteiger partial charge in [-0.2, -0.15) is 0 Å². The Bertz CT molecular complexity index is 791. The summed E-state index contributed by atoms with van der Waals surface area (Å²) in [4.78, 5) is 17.6. The third-order valence-electron chi connectivity index (χ3n) is 5.90. The normalized spacial score (nSPS) is 12.0. The van der Waals surface area contributed by atoms with Gasteiger partial charge in [-0.1, -0.05) is 27.7 Å². The van der Waals surface area contributed by atoms with E-state index in [-0.39, 0.29) is 11.3 Å². The highest BCUT2D eigenvalue weighted by Gasteiger charge is 2.27. The number of carbonyl (C=O) groups is 1. The van der Waals surface area contributed by atoms with Gasteiger partial charge in [-0.15, -0.1) is 0 Å². The number of hydrogen-bond donors (Lipinski definition) is 0. The molecule has 0 aliphatic heterocycles. The molecule has 6 nitrogen and oxygen atoms in total. The van der Waals surface area contributed by atoms with E-state index in [9.17, 15) is 4.79 Å². The first-order chi connectivity index (χ1) is 14.6. The zero-order valence-corrected chi connectivity index (χ0v) is 19.2. The van der Waals surface area contributed by atoms with Crippen LogP contribution in [-0.2, 0) is 0 Å². The molecule has 6 heteroatoms. The third kappa shape index (κ3) is 5.85. The van der Waals surface area contributed by atoms with Crippen molar-refractivity contribution < 1.29 is 19.7 Å².